The molecular formula is C7H16O3Pb2. The van der Waals surface area contributed by atoms with E-state index in [0.29, 0.717) is 6.42 Å². The predicted octanol–water partition coefficient (Wildman–Crippen LogP) is -0.566. The molecule has 0 spiro atoms. The fraction of sp³-hybridized carbons (Fsp3) is 0.714. The summed E-state index contributed by atoms with van der Waals surface area (Å²) in [5, 5.41) is 0. The number of carbonyl (C=O) groups is 2. The van der Waals surface area contributed by atoms with E-state index in [1.165, 1.54) is 0 Å². The van der Waals surface area contributed by atoms with Gasteiger partial charge in [0.2, 0.25) is 0 Å². The molecule has 5 heteroatoms. The normalized spacial score (nSPS) is 7.50. The topological polar surface area (TPSA) is 43.4 Å². The Kier molecular flexibility index (Phi) is 18.7. The summed E-state index contributed by atoms with van der Waals surface area (Å²) < 4.78 is 4.36. The molecule has 0 rings (SSSR count). The van der Waals surface area contributed by atoms with Gasteiger partial charge in [0.15, 0.2) is 0 Å². The summed E-state index contributed by atoms with van der Waals surface area (Å²) in [6, 6.07) is 0. The van der Waals surface area contributed by atoms with Crippen molar-refractivity contribution in [3.63, 3.8) is 0 Å². The molecule has 0 saturated carbocycles. The van der Waals surface area contributed by atoms with E-state index < -0.39 is 11.9 Å². The molecular weight excluding hydrogens is 546 g/mol. The molecule has 0 heterocycles. The van der Waals surface area contributed by atoms with Crippen molar-refractivity contribution in [2.45, 2.75) is 33.1 Å². The van der Waals surface area contributed by atoms with Crippen molar-refractivity contribution in [2.75, 3.05) is 0 Å². The van der Waals surface area contributed by atoms with Gasteiger partial charge in [-0.3, -0.25) is 9.59 Å². The van der Waals surface area contributed by atoms with Crippen LogP contribution in [0.25, 0.3) is 0 Å². The molecule has 0 bridgehead atoms. The minimum atomic E-state index is -0.446. The van der Waals surface area contributed by atoms with Crippen molar-refractivity contribution in [1.29, 1.82) is 0 Å². The van der Waals surface area contributed by atoms with E-state index >= 15 is 0 Å². The van der Waals surface area contributed by atoms with Crippen molar-refractivity contribution >= 4 is 66.5 Å². The van der Waals surface area contributed by atoms with E-state index in [0.717, 1.165) is 6.42 Å². The van der Waals surface area contributed by atoms with Crippen LogP contribution in [0.1, 0.15) is 33.1 Å². The predicted molar refractivity (Wildman–Crippen MR) is 53.4 cm³/mol. The zero-order valence-corrected chi connectivity index (χ0v) is 18.8. The Labute approximate surface area is 113 Å². The SMILES string of the molecule is CCCC(=O)OC(=O)CC.[PbH2].[PbH2]. The van der Waals surface area contributed by atoms with Crippen LogP contribution in [0, 0.1) is 0 Å². The summed E-state index contributed by atoms with van der Waals surface area (Å²) >= 11 is 0. The molecule has 12 heavy (non-hydrogen) atoms. The van der Waals surface area contributed by atoms with Crippen LogP contribution < -0.4 is 0 Å². The maximum absolute atomic E-state index is 10.6. The number of hydrogen-bond acceptors (Lipinski definition) is 3. The summed E-state index contributed by atoms with van der Waals surface area (Å²) in [4.78, 5) is 21.0. The second kappa shape index (κ2) is 12.0. The zero-order chi connectivity index (χ0) is 7.98. The Morgan fingerprint density at radius 1 is 1.08 bits per heavy atom. The molecule has 0 atom stereocenters. The molecule has 4 radical (unpaired) electrons. The monoisotopic (exact) mass is 564 g/mol. The van der Waals surface area contributed by atoms with Gasteiger partial charge in [-0.05, 0) is 6.42 Å². The van der Waals surface area contributed by atoms with Crippen LogP contribution >= 0.6 is 0 Å². The summed E-state index contributed by atoms with van der Waals surface area (Å²) in [5.74, 6) is -0.868. The molecule has 0 aromatic carbocycles. The van der Waals surface area contributed by atoms with E-state index in [1.54, 1.807) is 6.92 Å². The van der Waals surface area contributed by atoms with Crippen LogP contribution in [0.5, 0.6) is 0 Å². The van der Waals surface area contributed by atoms with Crippen LogP contribution in [0.2, 0.25) is 0 Å². The van der Waals surface area contributed by atoms with E-state index in [-0.39, 0.29) is 61.0 Å². The molecule has 0 aliphatic heterocycles. The van der Waals surface area contributed by atoms with Gasteiger partial charge in [0, 0.05) is 12.8 Å². The standard InChI is InChI=1S/C7H12O3.2Pb.4H/c1-3-5-7(9)10-6(8)4-2;;;;;;/h3-5H2,1-2H3;;;;;;. The first-order chi connectivity index (χ1) is 4.70. The van der Waals surface area contributed by atoms with E-state index in [4.69, 9.17) is 0 Å². The van der Waals surface area contributed by atoms with Crippen molar-refractivity contribution in [3.8, 4) is 0 Å². The second-order valence-corrected chi connectivity index (χ2v) is 1.95. The van der Waals surface area contributed by atoms with Gasteiger partial charge in [-0.15, -0.1) is 0 Å². The van der Waals surface area contributed by atoms with Crippen LogP contribution in [0.3, 0.4) is 0 Å². The number of ether oxygens (including phenoxy) is 1. The Hall–Kier alpha value is 0.984. The van der Waals surface area contributed by atoms with Gasteiger partial charge in [-0.2, -0.15) is 0 Å². The van der Waals surface area contributed by atoms with E-state index in [2.05, 4.69) is 4.74 Å². The first-order valence-electron chi connectivity index (χ1n) is 3.44. The van der Waals surface area contributed by atoms with Crippen LogP contribution in [0.15, 0.2) is 0 Å². The third-order valence-corrected chi connectivity index (χ3v) is 0.970. The molecule has 0 aliphatic carbocycles. The van der Waals surface area contributed by atoms with E-state index in [9.17, 15) is 9.59 Å². The molecule has 0 N–H and O–H groups in total. The van der Waals surface area contributed by atoms with Crippen LogP contribution in [-0.2, 0) is 14.3 Å². The Morgan fingerprint density at radius 3 is 1.92 bits per heavy atom. The zero-order valence-electron chi connectivity index (χ0n) is 7.76. The molecule has 0 aromatic heterocycles. The molecule has 0 unspecified atom stereocenters. The molecule has 0 amide bonds. The molecule has 0 aliphatic rings. The van der Waals surface area contributed by atoms with Crippen molar-refractivity contribution < 1.29 is 14.3 Å². The van der Waals surface area contributed by atoms with Crippen molar-refractivity contribution in [1.82, 2.24) is 0 Å². The number of esters is 2. The first-order valence-corrected chi connectivity index (χ1v) is 3.44. The Balaban J connectivity index is -0.000000405. The van der Waals surface area contributed by atoms with Gasteiger partial charge in [0.1, 0.15) is 0 Å². The van der Waals surface area contributed by atoms with E-state index in [1.807, 2.05) is 6.92 Å². The molecule has 0 saturated heterocycles. The second-order valence-electron chi connectivity index (χ2n) is 1.95. The van der Waals surface area contributed by atoms with Gasteiger partial charge in [-0.1, -0.05) is 13.8 Å². The quantitative estimate of drug-likeness (QED) is 0.263. The van der Waals surface area contributed by atoms with Gasteiger partial charge in [0.25, 0.3) is 0 Å². The molecule has 70 valence electrons. The summed E-state index contributed by atoms with van der Waals surface area (Å²) in [7, 11) is 0. The summed E-state index contributed by atoms with van der Waals surface area (Å²) in [5.41, 5.74) is 0. The average Bonchev–Trinajstić information content (AvgIpc) is 1.88. The molecule has 3 nitrogen and oxygen atoms in total. The average molecular weight is 563 g/mol. The minimum absolute atomic E-state index is 0. The fourth-order valence-corrected chi connectivity index (χ4v) is 0.454. The Bertz CT molecular complexity index is 137. The summed E-state index contributed by atoms with van der Waals surface area (Å²) in [6.45, 7) is 3.51. The van der Waals surface area contributed by atoms with Crippen LogP contribution in [0.4, 0.5) is 0 Å². The van der Waals surface area contributed by atoms with Gasteiger partial charge < -0.3 is 4.74 Å². The number of hydrogen-bond donors (Lipinski definition) is 0. The third-order valence-electron chi connectivity index (χ3n) is 0.970. The Morgan fingerprint density at radius 2 is 1.58 bits per heavy atom. The molecule has 0 fully saturated rings. The van der Waals surface area contributed by atoms with Gasteiger partial charge in [0.05, 0.1) is 0 Å². The van der Waals surface area contributed by atoms with Crippen molar-refractivity contribution in [3.05, 3.63) is 0 Å². The van der Waals surface area contributed by atoms with Gasteiger partial charge >= 0.3 is 66.5 Å². The first kappa shape index (κ1) is 18.7. The molecule has 0 aromatic rings. The maximum atomic E-state index is 10.6. The number of carbonyl (C=O) groups excluding carboxylic acids is 2. The van der Waals surface area contributed by atoms with Gasteiger partial charge in [-0.25, -0.2) is 0 Å². The fourth-order valence-electron chi connectivity index (χ4n) is 0.454. The van der Waals surface area contributed by atoms with Crippen LogP contribution in [-0.4, -0.2) is 66.5 Å². The van der Waals surface area contributed by atoms with Crippen molar-refractivity contribution in [2.24, 2.45) is 0 Å². The number of rotatable bonds is 3. The summed E-state index contributed by atoms with van der Waals surface area (Å²) in [6.07, 6.45) is 1.30. The third kappa shape index (κ3) is 11.0.